The quantitative estimate of drug-likeness (QED) is 0.363. The summed E-state index contributed by atoms with van der Waals surface area (Å²) in [5, 5.41) is 0. The van der Waals surface area contributed by atoms with Crippen molar-refractivity contribution in [2.75, 3.05) is 24.7 Å². The Bertz CT molecular complexity index is 399. The number of rotatable bonds is 9. The summed E-state index contributed by atoms with van der Waals surface area (Å²) in [6.07, 6.45) is 0. The van der Waals surface area contributed by atoms with Crippen LogP contribution >= 0.6 is 29.9 Å². The van der Waals surface area contributed by atoms with Gasteiger partial charge >= 0.3 is 6.80 Å². The Labute approximate surface area is 124 Å². The molecule has 1 aromatic rings. The SMILES string of the molecule is CCOP(=O)(OCC)SCCSc1ccc(C)cc1. The van der Waals surface area contributed by atoms with Gasteiger partial charge in [0, 0.05) is 16.4 Å². The molecule has 0 atom stereocenters. The minimum Gasteiger partial charge on any atom is -0.301 e. The Balaban J connectivity index is 2.32. The molecule has 0 aliphatic carbocycles. The highest BCUT2D eigenvalue weighted by molar-refractivity contribution is 8.55. The number of aryl methyl sites for hydroxylation is 1. The second-order valence-electron chi connectivity index (χ2n) is 3.78. The van der Waals surface area contributed by atoms with Crippen LogP contribution in [-0.2, 0) is 13.6 Å². The molecule has 0 saturated heterocycles. The fraction of sp³-hybridized carbons (Fsp3) is 0.538. The Kier molecular flexibility index (Phi) is 8.19. The predicted octanol–water partition coefficient (Wildman–Crippen LogP) is 5.00. The summed E-state index contributed by atoms with van der Waals surface area (Å²) >= 11 is 3.04. The number of benzene rings is 1. The molecule has 0 bridgehead atoms. The van der Waals surface area contributed by atoms with E-state index in [1.807, 2.05) is 13.8 Å². The molecule has 0 radical (unpaired) electrons. The van der Waals surface area contributed by atoms with Crippen molar-refractivity contribution in [3.63, 3.8) is 0 Å². The molecule has 1 rings (SSSR count). The molecular formula is C13H21O3PS2. The van der Waals surface area contributed by atoms with Gasteiger partial charge in [0.2, 0.25) is 0 Å². The van der Waals surface area contributed by atoms with Gasteiger partial charge < -0.3 is 9.05 Å². The minimum atomic E-state index is -2.95. The normalized spacial score (nSPS) is 11.7. The van der Waals surface area contributed by atoms with E-state index in [0.717, 1.165) is 11.5 Å². The summed E-state index contributed by atoms with van der Waals surface area (Å²) in [5.41, 5.74) is 1.26. The molecule has 0 N–H and O–H groups in total. The fourth-order valence-corrected chi connectivity index (χ4v) is 6.07. The van der Waals surface area contributed by atoms with Gasteiger partial charge in [-0.2, -0.15) is 0 Å². The van der Waals surface area contributed by atoms with Gasteiger partial charge in [-0.15, -0.1) is 11.8 Å². The van der Waals surface area contributed by atoms with Gasteiger partial charge in [-0.1, -0.05) is 17.7 Å². The molecule has 19 heavy (non-hydrogen) atoms. The fourth-order valence-electron chi connectivity index (χ4n) is 1.37. The van der Waals surface area contributed by atoms with Crippen LogP contribution in [0.3, 0.4) is 0 Å². The maximum Gasteiger partial charge on any atom is 0.389 e. The minimum absolute atomic E-state index is 0.412. The summed E-state index contributed by atoms with van der Waals surface area (Å²) in [5.74, 6) is 1.63. The number of hydrogen-bond acceptors (Lipinski definition) is 5. The lowest BCUT2D eigenvalue weighted by Gasteiger charge is -2.15. The van der Waals surface area contributed by atoms with Crippen molar-refractivity contribution in [3.8, 4) is 0 Å². The Morgan fingerprint density at radius 2 is 1.63 bits per heavy atom. The monoisotopic (exact) mass is 320 g/mol. The van der Waals surface area contributed by atoms with Gasteiger partial charge in [-0.25, -0.2) is 4.57 Å². The van der Waals surface area contributed by atoms with Crippen LogP contribution < -0.4 is 0 Å². The zero-order chi connectivity index (χ0) is 14.1. The van der Waals surface area contributed by atoms with Crippen LogP contribution in [0, 0.1) is 6.92 Å². The van der Waals surface area contributed by atoms with Crippen molar-refractivity contribution in [1.82, 2.24) is 0 Å². The van der Waals surface area contributed by atoms with Gasteiger partial charge in [0.15, 0.2) is 0 Å². The highest BCUT2D eigenvalue weighted by atomic mass is 32.7. The maximum atomic E-state index is 12.2. The average Bonchev–Trinajstić information content (AvgIpc) is 2.37. The first-order valence-corrected chi connectivity index (χ1v) is 10.4. The largest absolute Gasteiger partial charge is 0.389 e. The maximum absolute atomic E-state index is 12.2. The molecule has 108 valence electrons. The van der Waals surface area contributed by atoms with Crippen molar-refractivity contribution in [2.24, 2.45) is 0 Å². The summed E-state index contributed by atoms with van der Waals surface area (Å²) in [6, 6.07) is 8.41. The van der Waals surface area contributed by atoms with Gasteiger partial charge in [0.25, 0.3) is 0 Å². The summed E-state index contributed by atoms with van der Waals surface area (Å²) in [6.45, 7) is 3.61. The zero-order valence-corrected chi connectivity index (χ0v) is 14.2. The Morgan fingerprint density at radius 1 is 1.05 bits per heavy atom. The summed E-state index contributed by atoms with van der Waals surface area (Å²) in [4.78, 5) is 1.23. The first kappa shape index (κ1) is 17.1. The van der Waals surface area contributed by atoms with E-state index in [1.54, 1.807) is 11.8 Å². The Morgan fingerprint density at radius 3 is 2.16 bits per heavy atom. The van der Waals surface area contributed by atoms with Gasteiger partial charge in [-0.05, 0) is 44.3 Å². The first-order chi connectivity index (χ1) is 9.09. The molecule has 0 saturated carbocycles. The zero-order valence-electron chi connectivity index (χ0n) is 11.6. The van der Waals surface area contributed by atoms with E-state index in [2.05, 4.69) is 31.2 Å². The second kappa shape index (κ2) is 9.09. The lowest BCUT2D eigenvalue weighted by molar-refractivity contribution is 0.237. The van der Waals surface area contributed by atoms with Crippen molar-refractivity contribution < 1.29 is 13.6 Å². The van der Waals surface area contributed by atoms with E-state index in [9.17, 15) is 4.57 Å². The van der Waals surface area contributed by atoms with Crippen LogP contribution in [0.4, 0.5) is 0 Å². The van der Waals surface area contributed by atoms with Crippen LogP contribution in [0.2, 0.25) is 0 Å². The van der Waals surface area contributed by atoms with E-state index in [0.29, 0.717) is 13.2 Å². The van der Waals surface area contributed by atoms with Crippen molar-refractivity contribution in [1.29, 1.82) is 0 Å². The van der Waals surface area contributed by atoms with E-state index < -0.39 is 6.80 Å². The Hall–Kier alpha value is 0.0700. The molecule has 3 nitrogen and oxygen atoms in total. The summed E-state index contributed by atoms with van der Waals surface area (Å²) < 4.78 is 22.6. The lowest BCUT2D eigenvalue weighted by atomic mass is 10.2. The molecule has 1 aromatic carbocycles. The van der Waals surface area contributed by atoms with Crippen molar-refractivity contribution in [2.45, 2.75) is 25.7 Å². The molecule has 0 spiro atoms. The predicted molar refractivity (Wildman–Crippen MR) is 85.2 cm³/mol. The van der Waals surface area contributed by atoms with Crippen LogP contribution in [0.25, 0.3) is 0 Å². The van der Waals surface area contributed by atoms with Gasteiger partial charge in [-0.3, -0.25) is 0 Å². The third-order valence-corrected chi connectivity index (χ3v) is 7.45. The van der Waals surface area contributed by atoms with Crippen LogP contribution in [0.1, 0.15) is 19.4 Å². The standard InChI is InChI=1S/C13H21O3PS2/c1-4-15-17(14,16-5-2)19-11-10-18-13-8-6-12(3)7-9-13/h6-9H,4-5,10-11H2,1-3H3. The average molecular weight is 320 g/mol. The highest BCUT2D eigenvalue weighted by Crippen LogP contribution is 2.60. The highest BCUT2D eigenvalue weighted by Gasteiger charge is 2.23. The third-order valence-electron chi connectivity index (χ3n) is 2.20. The third kappa shape index (κ3) is 6.87. The van der Waals surface area contributed by atoms with E-state index >= 15 is 0 Å². The van der Waals surface area contributed by atoms with Crippen molar-refractivity contribution in [3.05, 3.63) is 29.8 Å². The van der Waals surface area contributed by atoms with Crippen LogP contribution in [0.15, 0.2) is 29.2 Å². The molecule has 0 aliphatic heterocycles. The molecule has 0 fully saturated rings. The molecule has 0 unspecified atom stereocenters. The molecule has 0 heterocycles. The van der Waals surface area contributed by atoms with E-state index in [4.69, 9.17) is 9.05 Å². The lowest BCUT2D eigenvalue weighted by Crippen LogP contribution is -1.94. The van der Waals surface area contributed by atoms with Gasteiger partial charge in [0.1, 0.15) is 0 Å². The molecular weight excluding hydrogens is 299 g/mol. The molecule has 0 aliphatic rings. The van der Waals surface area contributed by atoms with E-state index in [-0.39, 0.29) is 0 Å². The van der Waals surface area contributed by atoms with Crippen molar-refractivity contribution >= 4 is 29.9 Å². The van der Waals surface area contributed by atoms with Crippen LogP contribution in [0.5, 0.6) is 0 Å². The first-order valence-electron chi connectivity index (χ1n) is 6.32. The molecule has 6 heteroatoms. The number of thioether (sulfide) groups is 1. The molecule has 0 amide bonds. The second-order valence-corrected chi connectivity index (χ2v) is 9.14. The van der Waals surface area contributed by atoms with Gasteiger partial charge in [0.05, 0.1) is 13.2 Å². The molecule has 0 aromatic heterocycles. The van der Waals surface area contributed by atoms with E-state index in [1.165, 1.54) is 21.8 Å². The number of hydrogen-bond donors (Lipinski definition) is 0. The smallest absolute Gasteiger partial charge is 0.301 e. The summed E-state index contributed by atoms with van der Waals surface area (Å²) in [7, 11) is 0. The van der Waals surface area contributed by atoms with Crippen LogP contribution in [-0.4, -0.2) is 24.7 Å². The topological polar surface area (TPSA) is 35.5 Å².